The molecule has 0 bridgehead atoms. The minimum absolute atomic E-state index is 0.481. The average Bonchev–Trinajstić information content (AvgIpc) is 2.74. The van der Waals surface area contributed by atoms with Gasteiger partial charge in [-0.15, -0.1) is 0 Å². The van der Waals surface area contributed by atoms with Crippen LogP contribution in [0.25, 0.3) is 0 Å². The quantitative estimate of drug-likeness (QED) is 0.817. The first-order valence-corrected chi connectivity index (χ1v) is 7.80. The Morgan fingerprint density at radius 1 is 1.11 bits per heavy atom. The van der Waals surface area contributed by atoms with E-state index in [0.717, 1.165) is 19.0 Å². The van der Waals surface area contributed by atoms with Crippen LogP contribution < -0.4 is 5.73 Å². The molecule has 2 N–H and O–H groups in total. The fourth-order valence-electron chi connectivity index (χ4n) is 3.36. The maximum atomic E-state index is 5.84. The highest BCUT2D eigenvalue weighted by Gasteiger charge is 2.24. The number of hydrogen-bond acceptors (Lipinski definition) is 2. The SMILES string of the molecule is CN(C1CCCCCC1)C(CCN)c1ccccc1. The number of hydrogen-bond donors (Lipinski definition) is 1. The Bertz CT molecular complexity index is 342. The van der Waals surface area contributed by atoms with Crippen molar-refractivity contribution in [2.45, 2.75) is 57.0 Å². The van der Waals surface area contributed by atoms with Crippen LogP contribution in [0, 0.1) is 0 Å². The molecule has 2 nitrogen and oxygen atoms in total. The van der Waals surface area contributed by atoms with E-state index in [9.17, 15) is 0 Å². The minimum atomic E-state index is 0.481. The molecule has 1 aliphatic carbocycles. The van der Waals surface area contributed by atoms with Gasteiger partial charge in [0.15, 0.2) is 0 Å². The standard InChI is InChI=1S/C17H28N2/c1-19(16-11-7-2-3-8-12-16)17(13-14-18)15-9-5-4-6-10-15/h4-6,9-10,16-17H,2-3,7-8,11-14,18H2,1H3. The van der Waals surface area contributed by atoms with E-state index in [0.29, 0.717) is 6.04 Å². The molecule has 1 saturated carbocycles. The Hall–Kier alpha value is -0.860. The van der Waals surface area contributed by atoms with Crippen LogP contribution in [0.4, 0.5) is 0 Å². The molecule has 1 atom stereocenters. The predicted molar refractivity (Wildman–Crippen MR) is 82.1 cm³/mol. The normalized spacial score (nSPS) is 19.3. The van der Waals surface area contributed by atoms with Gasteiger partial charge in [-0.1, -0.05) is 56.0 Å². The highest BCUT2D eigenvalue weighted by Crippen LogP contribution is 2.30. The first-order valence-electron chi connectivity index (χ1n) is 7.80. The number of rotatable bonds is 5. The van der Waals surface area contributed by atoms with Crippen LogP contribution in [0.5, 0.6) is 0 Å². The fourth-order valence-corrected chi connectivity index (χ4v) is 3.36. The van der Waals surface area contributed by atoms with Gasteiger partial charge in [0.05, 0.1) is 0 Å². The molecule has 0 radical (unpaired) electrons. The van der Waals surface area contributed by atoms with E-state index < -0.39 is 0 Å². The molecule has 2 rings (SSSR count). The summed E-state index contributed by atoms with van der Waals surface area (Å²) >= 11 is 0. The second-order valence-corrected chi connectivity index (χ2v) is 5.81. The molecule has 106 valence electrons. The molecule has 0 aromatic heterocycles. The van der Waals surface area contributed by atoms with Crippen molar-refractivity contribution in [1.82, 2.24) is 4.90 Å². The lowest BCUT2D eigenvalue weighted by atomic mass is 9.98. The van der Waals surface area contributed by atoms with Crippen molar-refractivity contribution in [1.29, 1.82) is 0 Å². The van der Waals surface area contributed by atoms with Crippen molar-refractivity contribution >= 4 is 0 Å². The smallest absolute Gasteiger partial charge is 0.0360 e. The summed E-state index contributed by atoms with van der Waals surface area (Å²) in [5.41, 5.74) is 7.25. The molecular weight excluding hydrogens is 232 g/mol. The molecule has 0 spiro atoms. The third-order valence-corrected chi connectivity index (χ3v) is 4.52. The topological polar surface area (TPSA) is 29.3 Å². The number of nitrogens with zero attached hydrogens (tertiary/aromatic N) is 1. The molecule has 19 heavy (non-hydrogen) atoms. The third-order valence-electron chi connectivity index (χ3n) is 4.52. The molecule has 0 saturated heterocycles. The largest absolute Gasteiger partial charge is 0.330 e. The van der Waals surface area contributed by atoms with Crippen molar-refractivity contribution in [2.75, 3.05) is 13.6 Å². The van der Waals surface area contributed by atoms with E-state index in [1.54, 1.807) is 0 Å². The predicted octanol–water partition coefficient (Wildman–Crippen LogP) is 3.73. The zero-order valence-corrected chi connectivity index (χ0v) is 12.2. The van der Waals surface area contributed by atoms with Crippen molar-refractivity contribution in [3.05, 3.63) is 35.9 Å². The lowest BCUT2D eigenvalue weighted by molar-refractivity contribution is 0.151. The van der Waals surface area contributed by atoms with Crippen LogP contribution in [0.15, 0.2) is 30.3 Å². The van der Waals surface area contributed by atoms with Crippen LogP contribution in [-0.4, -0.2) is 24.5 Å². The summed E-state index contributed by atoms with van der Waals surface area (Å²) in [6, 6.07) is 12.1. The van der Waals surface area contributed by atoms with E-state index in [2.05, 4.69) is 42.3 Å². The summed E-state index contributed by atoms with van der Waals surface area (Å²) in [6.07, 6.45) is 9.36. The van der Waals surface area contributed by atoms with Gasteiger partial charge in [-0.2, -0.15) is 0 Å². The molecule has 2 heteroatoms. The van der Waals surface area contributed by atoms with E-state index in [1.807, 2.05) is 0 Å². The Morgan fingerprint density at radius 2 is 1.74 bits per heavy atom. The zero-order chi connectivity index (χ0) is 13.5. The Morgan fingerprint density at radius 3 is 2.32 bits per heavy atom. The second-order valence-electron chi connectivity index (χ2n) is 5.81. The maximum Gasteiger partial charge on any atom is 0.0360 e. The minimum Gasteiger partial charge on any atom is -0.330 e. The lowest BCUT2D eigenvalue weighted by Crippen LogP contribution is -2.36. The molecule has 1 fully saturated rings. The van der Waals surface area contributed by atoms with Gasteiger partial charge < -0.3 is 5.73 Å². The van der Waals surface area contributed by atoms with Crippen molar-refractivity contribution < 1.29 is 0 Å². The molecule has 0 heterocycles. The highest BCUT2D eigenvalue weighted by molar-refractivity contribution is 5.19. The molecule has 1 aromatic carbocycles. The second kappa shape index (κ2) is 7.66. The van der Waals surface area contributed by atoms with Crippen molar-refractivity contribution in [3.63, 3.8) is 0 Å². The Kier molecular flexibility index (Phi) is 5.87. The van der Waals surface area contributed by atoms with Gasteiger partial charge in [-0.3, -0.25) is 4.90 Å². The van der Waals surface area contributed by atoms with Crippen LogP contribution >= 0.6 is 0 Å². The highest BCUT2D eigenvalue weighted by atomic mass is 15.2. The van der Waals surface area contributed by atoms with Gasteiger partial charge in [0.1, 0.15) is 0 Å². The molecule has 1 aromatic rings. The summed E-state index contributed by atoms with van der Waals surface area (Å²) in [5, 5.41) is 0. The van der Waals surface area contributed by atoms with Gasteiger partial charge in [0, 0.05) is 12.1 Å². The van der Waals surface area contributed by atoms with Gasteiger partial charge in [-0.25, -0.2) is 0 Å². The number of nitrogens with two attached hydrogens (primary N) is 1. The summed E-state index contributed by atoms with van der Waals surface area (Å²) in [6.45, 7) is 0.761. The maximum absolute atomic E-state index is 5.84. The monoisotopic (exact) mass is 260 g/mol. The Balaban J connectivity index is 2.09. The van der Waals surface area contributed by atoms with Gasteiger partial charge >= 0.3 is 0 Å². The van der Waals surface area contributed by atoms with Crippen LogP contribution in [0.3, 0.4) is 0 Å². The van der Waals surface area contributed by atoms with E-state index in [-0.39, 0.29) is 0 Å². The summed E-state index contributed by atoms with van der Waals surface area (Å²) < 4.78 is 0. The van der Waals surface area contributed by atoms with Crippen molar-refractivity contribution in [3.8, 4) is 0 Å². The zero-order valence-electron chi connectivity index (χ0n) is 12.2. The molecule has 0 aliphatic heterocycles. The molecule has 1 unspecified atom stereocenters. The van der Waals surface area contributed by atoms with Crippen molar-refractivity contribution in [2.24, 2.45) is 5.73 Å². The Labute approximate surface area is 118 Å². The van der Waals surface area contributed by atoms with Gasteiger partial charge in [-0.05, 0) is 38.4 Å². The molecular formula is C17H28N2. The summed E-state index contributed by atoms with van der Waals surface area (Å²) in [7, 11) is 2.29. The summed E-state index contributed by atoms with van der Waals surface area (Å²) in [5.74, 6) is 0. The third kappa shape index (κ3) is 4.05. The molecule has 1 aliphatic rings. The van der Waals surface area contributed by atoms with Crippen LogP contribution in [-0.2, 0) is 0 Å². The van der Waals surface area contributed by atoms with Crippen LogP contribution in [0.1, 0.15) is 56.6 Å². The summed E-state index contributed by atoms with van der Waals surface area (Å²) in [4.78, 5) is 2.59. The lowest BCUT2D eigenvalue weighted by Gasteiger charge is -2.35. The van der Waals surface area contributed by atoms with E-state index >= 15 is 0 Å². The number of benzene rings is 1. The fraction of sp³-hybridized carbons (Fsp3) is 0.647. The van der Waals surface area contributed by atoms with E-state index in [1.165, 1.54) is 44.1 Å². The first-order chi connectivity index (χ1) is 9.33. The average molecular weight is 260 g/mol. The van der Waals surface area contributed by atoms with E-state index in [4.69, 9.17) is 5.73 Å². The molecule has 0 amide bonds. The van der Waals surface area contributed by atoms with Crippen LogP contribution in [0.2, 0.25) is 0 Å². The van der Waals surface area contributed by atoms with Gasteiger partial charge in [0.2, 0.25) is 0 Å². The van der Waals surface area contributed by atoms with Gasteiger partial charge in [0.25, 0.3) is 0 Å². The first kappa shape index (κ1) is 14.5.